The summed E-state index contributed by atoms with van der Waals surface area (Å²) < 4.78 is 0. The maximum atomic E-state index is 10.0. The van der Waals surface area contributed by atoms with Crippen LogP contribution in [0.3, 0.4) is 0 Å². The average molecular weight is 128 g/mol. The van der Waals surface area contributed by atoms with E-state index in [1.165, 1.54) is 0 Å². The first-order valence-corrected chi connectivity index (χ1v) is 3.14. The highest BCUT2D eigenvalue weighted by Crippen LogP contribution is 2.28. The van der Waals surface area contributed by atoms with E-state index < -0.39 is 0 Å². The molecule has 0 N–H and O–H groups in total. The van der Waals surface area contributed by atoms with Gasteiger partial charge < -0.3 is 0 Å². The van der Waals surface area contributed by atoms with E-state index in [9.17, 15) is 4.91 Å². The predicted molar refractivity (Wildman–Crippen MR) is 30.6 cm³/mol. The highest BCUT2D eigenvalue weighted by atomic mass is 16.7. The van der Waals surface area contributed by atoms with Crippen molar-refractivity contribution in [3.05, 3.63) is 4.91 Å². The molecule has 0 aromatic rings. The summed E-state index contributed by atoms with van der Waals surface area (Å²) in [5, 5.41) is 4.79. The monoisotopic (exact) mass is 128 g/mol. The van der Waals surface area contributed by atoms with E-state index in [-0.39, 0.29) is 6.04 Å². The Morgan fingerprint density at radius 3 is 2.89 bits per heavy atom. The van der Waals surface area contributed by atoms with Crippen LogP contribution >= 0.6 is 0 Å². The number of hydrogen-bond donors (Lipinski definition) is 0. The van der Waals surface area contributed by atoms with Crippen LogP contribution in [0, 0.1) is 4.91 Å². The second-order valence-corrected chi connectivity index (χ2v) is 2.47. The van der Waals surface area contributed by atoms with Gasteiger partial charge in [-0.1, -0.05) is 5.18 Å². The number of rotatable bonds is 1. The van der Waals surface area contributed by atoms with E-state index in [2.05, 4.69) is 5.18 Å². The SMILES string of the molecule is O=NC1CON2CCC12. The molecule has 0 spiro atoms. The minimum absolute atomic E-state index is 0.0984. The molecule has 2 aliphatic heterocycles. The van der Waals surface area contributed by atoms with Crippen LogP contribution in [0.1, 0.15) is 6.42 Å². The molecule has 2 unspecified atom stereocenters. The fourth-order valence-corrected chi connectivity index (χ4v) is 1.31. The number of nitroso groups, excluding NO2 is 1. The lowest BCUT2D eigenvalue weighted by Gasteiger charge is -2.32. The molecule has 0 amide bonds. The van der Waals surface area contributed by atoms with Crippen molar-refractivity contribution in [2.45, 2.75) is 18.5 Å². The lowest BCUT2D eigenvalue weighted by Crippen LogP contribution is -2.45. The van der Waals surface area contributed by atoms with Gasteiger partial charge in [-0.05, 0) is 6.42 Å². The van der Waals surface area contributed by atoms with Crippen LogP contribution in [0.4, 0.5) is 0 Å². The number of fused-ring (bicyclic) bond motifs is 1. The third-order valence-corrected chi connectivity index (χ3v) is 2.01. The maximum absolute atomic E-state index is 10.0. The molecular weight excluding hydrogens is 120 g/mol. The fourth-order valence-electron chi connectivity index (χ4n) is 1.31. The van der Waals surface area contributed by atoms with Gasteiger partial charge in [-0.15, -0.1) is 0 Å². The molecule has 2 fully saturated rings. The molecule has 4 nitrogen and oxygen atoms in total. The van der Waals surface area contributed by atoms with Crippen LogP contribution in [0.25, 0.3) is 0 Å². The van der Waals surface area contributed by atoms with Crippen molar-refractivity contribution in [3.8, 4) is 0 Å². The van der Waals surface area contributed by atoms with Gasteiger partial charge in [-0.2, -0.15) is 9.97 Å². The van der Waals surface area contributed by atoms with Gasteiger partial charge in [0.2, 0.25) is 0 Å². The molecule has 0 aromatic heterocycles. The van der Waals surface area contributed by atoms with Gasteiger partial charge in [0.15, 0.2) is 0 Å². The lowest BCUT2D eigenvalue weighted by molar-refractivity contribution is -0.175. The summed E-state index contributed by atoms with van der Waals surface area (Å²) in [5.41, 5.74) is 0. The molecule has 0 aliphatic carbocycles. The van der Waals surface area contributed by atoms with Gasteiger partial charge in [0, 0.05) is 6.54 Å². The van der Waals surface area contributed by atoms with Crippen LogP contribution in [0.2, 0.25) is 0 Å². The molecule has 2 aliphatic rings. The molecule has 4 heteroatoms. The first kappa shape index (κ1) is 5.32. The summed E-state index contributed by atoms with van der Waals surface area (Å²) in [6.45, 7) is 1.46. The second kappa shape index (κ2) is 1.75. The number of hydroxylamine groups is 2. The van der Waals surface area contributed by atoms with Crippen molar-refractivity contribution in [2.75, 3.05) is 13.2 Å². The first-order chi connectivity index (χ1) is 4.42. The molecule has 2 atom stereocenters. The smallest absolute Gasteiger partial charge is 0.135 e. The molecule has 2 rings (SSSR count). The third-order valence-electron chi connectivity index (χ3n) is 2.01. The van der Waals surface area contributed by atoms with Crippen molar-refractivity contribution < 1.29 is 4.84 Å². The summed E-state index contributed by atoms with van der Waals surface area (Å²) in [6.07, 6.45) is 1.07. The molecule has 2 saturated heterocycles. The van der Waals surface area contributed by atoms with Crippen LogP contribution in [0.5, 0.6) is 0 Å². The van der Waals surface area contributed by atoms with Crippen LogP contribution < -0.4 is 0 Å². The van der Waals surface area contributed by atoms with Crippen molar-refractivity contribution in [1.82, 2.24) is 5.06 Å². The summed E-state index contributed by atoms with van der Waals surface area (Å²) in [5.74, 6) is 0. The Kier molecular flexibility index (Phi) is 1.03. The zero-order chi connectivity index (χ0) is 6.27. The largest absolute Gasteiger partial charge is 0.296 e. The summed E-state index contributed by atoms with van der Waals surface area (Å²) in [6, 6.07) is 0.209. The van der Waals surface area contributed by atoms with Crippen LogP contribution in [-0.4, -0.2) is 30.3 Å². The Morgan fingerprint density at radius 1 is 1.67 bits per heavy atom. The number of hydrogen-bond acceptors (Lipinski definition) is 4. The minimum Gasteiger partial charge on any atom is -0.296 e. The van der Waals surface area contributed by atoms with Gasteiger partial charge in [0.1, 0.15) is 6.04 Å². The summed E-state index contributed by atoms with van der Waals surface area (Å²) in [4.78, 5) is 15.1. The molecule has 2 heterocycles. The molecule has 0 radical (unpaired) electrons. The van der Waals surface area contributed by atoms with E-state index in [1.807, 2.05) is 5.06 Å². The van der Waals surface area contributed by atoms with E-state index in [0.29, 0.717) is 12.6 Å². The van der Waals surface area contributed by atoms with E-state index in [1.54, 1.807) is 0 Å². The van der Waals surface area contributed by atoms with Crippen LogP contribution in [0.15, 0.2) is 5.18 Å². The van der Waals surface area contributed by atoms with Crippen molar-refractivity contribution in [3.63, 3.8) is 0 Å². The van der Waals surface area contributed by atoms with E-state index in [4.69, 9.17) is 4.84 Å². The van der Waals surface area contributed by atoms with E-state index >= 15 is 0 Å². The zero-order valence-corrected chi connectivity index (χ0v) is 4.99. The van der Waals surface area contributed by atoms with Gasteiger partial charge >= 0.3 is 0 Å². The van der Waals surface area contributed by atoms with Crippen molar-refractivity contribution in [2.24, 2.45) is 5.18 Å². The molecular formula is C5H8N2O2. The minimum atomic E-state index is -0.0984. The van der Waals surface area contributed by atoms with Crippen LogP contribution in [-0.2, 0) is 4.84 Å². The Morgan fingerprint density at radius 2 is 2.56 bits per heavy atom. The highest BCUT2D eigenvalue weighted by molar-refractivity contribution is 4.92. The van der Waals surface area contributed by atoms with Crippen molar-refractivity contribution >= 4 is 0 Å². The average Bonchev–Trinajstić information content (AvgIpc) is 2.07. The van der Waals surface area contributed by atoms with Gasteiger partial charge in [0.05, 0.1) is 12.6 Å². The topological polar surface area (TPSA) is 41.9 Å². The Bertz CT molecular complexity index is 139. The first-order valence-electron chi connectivity index (χ1n) is 3.14. The van der Waals surface area contributed by atoms with Gasteiger partial charge in [0.25, 0.3) is 0 Å². The summed E-state index contributed by atoms with van der Waals surface area (Å²) >= 11 is 0. The molecule has 0 aromatic carbocycles. The molecule has 0 bridgehead atoms. The number of nitrogens with zero attached hydrogens (tertiary/aromatic N) is 2. The van der Waals surface area contributed by atoms with Gasteiger partial charge in [-0.25, -0.2) is 0 Å². The van der Waals surface area contributed by atoms with Gasteiger partial charge in [-0.3, -0.25) is 4.84 Å². The summed E-state index contributed by atoms with van der Waals surface area (Å²) in [7, 11) is 0. The second-order valence-electron chi connectivity index (χ2n) is 2.47. The highest BCUT2D eigenvalue weighted by Gasteiger charge is 2.42. The maximum Gasteiger partial charge on any atom is 0.135 e. The zero-order valence-electron chi connectivity index (χ0n) is 4.99. The normalized spacial score (nSPS) is 41.8. The molecule has 9 heavy (non-hydrogen) atoms. The third kappa shape index (κ3) is 0.601. The predicted octanol–water partition coefficient (Wildman–Crippen LogP) is 0.141. The lowest BCUT2D eigenvalue weighted by atomic mass is 10.0. The molecule has 0 saturated carbocycles. The quantitative estimate of drug-likeness (QED) is 0.472. The Labute approximate surface area is 52.7 Å². The Hall–Kier alpha value is -0.480. The van der Waals surface area contributed by atoms with E-state index in [0.717, 1.165) is 13.0 Å². The standard InChI is InChI=1S/C5H8N2O2/c8-6-4-3-9-7-2-1-5(4)7/h4-5H,1-3H2. The molecule has 50 valence electrons. The fraction of sp³-hybridized carbons (Fsp3) is 1.00. The Balaban J connectivity index is 2.04. The van der Waals surface area contributed by atoms with Crippen molar-refractivity contribution in [1.29, 1.82) is 0 Å².